The molecule has 1 aliphatic carbocycles. The molecule has 0 radical (unpaired) electrons. The Bertz CT molecular complexity index is 989. The zero-order valence-corrected chi connectivity index (χ0v) is 18.0. The van der Waals surface area contributed by atoms with E-state index in [4.69, 9.17) is 19.2 Å². The summed E-state index contributed by atoms with van der Waals surface area (Å²) in [6, 6.07) is 19.3. The first kappa shape index (κ1) is 21.2. The number of rotatable bonds is 7. The molecular formula is C25H27NO5. The van der Waals surface area contributed by atoms with Crippen LogP contribution in [0.25, 0.3) is 0 Å². The van der Waals surface area contributed by atoms with Crippen molar-refractivity contribution in [3.63, 3.8) is 0 Å². The lowest BCUT2D eigenvalue weighted by Crippen LogP contribution is -2.50. The number of esters is 2. The Balaban J connectivity index is 1.97. The fourth-order valence-corrected chi connectivity index (χ4v) is 5.04. The predicted molar refractivity (Wildman–Crippen MR) is 116 cm³/mol. The lowest BCUT2D eigenvalue weighted by molar-refractivity contribution is -0.178. The molecule has 2 aliphatic rings. The van der Waals surface area contributed by atoms with Crippen molar-refractivity contribution < 1.29 is 23.8 Å². The van der Waals surface area contributed by atoms with Gasteiger partial charge >= 0.3 is 11.9 Å². The van der Waals surface area contributed by atoms with Crippen molar-refractivity contribution in [3.05, 3.63) is 71.8 Å². The Kier molecular flexibility index (Phi) is 5.67. The zero-order chi connectivity index (χ0) is 22.1. The van der Waals surface area contributed by atoms with E-state index in [-0.39, 0.29) is 12.5 Å². The summed E-state index contributed by atoms with van der Waals surface area (Å²) in [7, 11) is 0. The number of ether oxygens (including phenoxy) is 3. The highest BCUT2D eigenvalue weighted by molar-refractivity contribution is 6.18. The summed E-state index contributed by atoms with van der Waals surface area (Å²) in [5.74, 6) is -1.19. The second-order valence-corrected chi connectivity index (χ2v) is 7.86. The van der Waals surface area contributed by atoms with Crippen LogP contribution in [0.2, 0.25) is 0 Å². The topological polar surface area (TPSA) is 74.2 Å². The van der Waals surface area contributed by atoms with Crippen LogP contribution in [0.1, 0.15) is 44.2 Å². The number of hydrogen-bond donors (Lipinski definition) is 0. The summed E-state index contributed by atoms with van der Waals surface area (Å²) in [4.78, 5) is 30.8. The summed E-state index contributed by atoms with van der Waals surface area (Å²) in [5, 5.41) is 0. The third kappa shape index (κ3) is 3.26. The highest BCUT2D eigenvalue weighted by Crippen LogP contribution is 2.63. The summed E-state index contributed by atoms with van der Waals surface area (Å²) >= 11 is 0. The number of aliphatic imine (C=N–C) groups is 1. The quantitative estimate of drug-likeness (QED) is 0.634. The van der Waals surface area contributed by atoms with Crippen LogP contribution in [0.5, 0.6) is 0 Å². The molecule has 1 fully saturated rings. The Morgan fingerprint density at radius 3 is 2.23 bits per heavy atom. The second-order valence-electron chi connectivity index (χ2n) is 7.86. The first-order valence-corrected chi connectivity index (χ1v) is 10.7. The Labute approximate surface area is 182 Å². The highest BCUT2D eigenvalue weighted by Gasteiger charge is 2.76. The van der Waals surface area contributed by atoms with Gasteiger partial charge in [0.1, 0.15) is 0 Å². The number of carbonyl (C=O) groups excluding carboxylic acids is 2. The molecule has 0 amide bonds. The van der Waals surface area contributed by atoms with Crippen LogP contribution in [0.4, 0.5) is 0 Å². The third-order valence-corrected chi connectivity index (χ3v) is 6.11. The van der Waals surface area contributed by atoms with Crippen LogP contribution >= 0.6 is 0 Å². The predicted octanol–water partition coefficient (Wildman–Crippen LogP) is 3.89. The molecule has 0 saturated heterocycles. The van der Waals surface area contributed by atoms with Gasteiger partial charge in [0.2, 0.25) is 5.72 Å². The molecule has 0 aromatic heterocycles. The minimum absolute atomic E-state index is 0.215. The van der Waals surface area contributed by atoms with E-state index in [1.807, 2.05) is 67.6 Å². The number of carbonyl (C=O) groups is 2. The molecule has 1 unspecified atom stereocenters. The van der Waals surface area contributed by atoms with E-state index in [2.05, 4.69) is 0 Å². The molecule has 2 bridgehead atoms. The van der Waals surface area contributed by atoms with Gasteiger partial charge in [0.05, 0.1) is 12.3 Å². The average Bonchev–Trinajstić information content (AvgIpc) is 3.20. The molecule has 0 N–H and O–H groups in total. The minimum Gasteiger partial charge on any atom is -0.465 e. The third-order valence-electron chi connectivity index (χ3n) is 6.11. The molecule has 162 valence electrons. The second kappa shape index (κ2) is 8.27. The molecule has 2 aromatic carbocycles. The van der Waals surface area contributed by atoms with E-state index < -0.39 is 29.2 Å². The first-order valence-electron chi connectivity index (χ1n) is 10.7. The lowest BCUT2D eigenvalue weighted by Gasteiger charge is -2.34. The van der Waals surface area contributed by atoms with Crippen molar-refractivity contribution in [3.8, 4) is 0 Å². The van der Waals surface area contributed by atoms with Crippen molar-refractivity contribution in [2.45, 2.75) is 44.9 Å². The van der Waals surface area contributed by atoms with Gasteiger partial charge in [-0.2, -0.15) is 0 Å². The number of nitrogens with zero attached hydrogens (tertiary/aromatic N) is 1. The van der Waals surface area contributed by atoms with E-state index in [1.165, 1.54) is 6.92 Å². The van der Waals surface area contributed by atoms with E-state index in [1.54, 1.807) is 6.92 Å². The fourth-order valence-electron chi connectivity index (χ4n) is 5.04. The largest absolute Gasteiger partial charge is 0.465 e. The van der Waals surface area contributed by atoms with Crippen molar-refractivity contribution in [2.75, 3.05) is 13.2 Å². The van der Waals surface area contributed by atoms with Gasteiger partial charge in [-0.15, -0.1) is 0 Å². The normalized spacial score (nSPS) is 28.8. The Hall–Kier alpha value is -2.99. The zero-order valence-electron chi connectivity index (χ0n) is 18.0. The van der Waals surface area contributed by atoms with Gasteiger partial charge in [-0.3, -0.25) is 9.59 Å². The monoisotopic (exact) mass is 421 g/mol. The van der Waals surface area contributed by atoms with Gasteiger partial charge < -0.3 is 14.2 Å². The maximum atomic E-state index is 13.6. The first-order chi connectivity index (χ1) is 15.0. The van der Waals surface area contributed by atoms with Crippen molar-refractivity contribution in [1.29, 1.82) is 0 Å². The maximum absolute atomic E-state index is 13.6. The maximum Gasteiger partial charge on any atom is 0.322 e. The van der Waals surface area contributed by atoms with Gasteiger partial charge in [0.15, 0.2) is 11.5 Å². The van der Waals surface area contributed by atoms with Crippen LogP contribution in [0.15, 0.2) is 65.7 Å². The van der Waals surface area contributed by atoms with Gasteiger partial charge in [0.25, 0.3) is 0 Å². The SMILES string of the molecule is CCOC(=O)[C@]12C[C@H](c3ccccc3)[C@](OCC)(N=C1c1ccccc1)C2OC(C)=O. The van der Waals surface area contributed by atoms with Gasteiger partial charge in [-0.25, -0.2) is 4.99 Å². The summed E-state index contributed by atoms with van der Waals surface area (Å²) < 4.78 is 17.7. The molecule has 31 heavy (non-hydrogen) atoms. The minimum atomic E-state index is -1.25. The molecule has 1 aliphatic heterocycles. The number of benzene rings is 2. The molecule has 4 atom stereocenters. The summed E-state index contributed by atoms with van der Waals surface area (Å²) in [6.07, 6.45) is -0.543. The van der Waals surface area contributed by atoms with Gasteiger partial charge in [-0.1, -0.05) is 60.7 Å². The van der Waals surface area contributed by atoms with Crippen molar-refractivity contribution >= 4 is 17.7 Å². The molecule has 1 heterocycles. The standard InChI is InChI=1S/C25H27NO5/c1-4-29-23(28)24-16-20(18-12-8-6-9-13-18)25(30-5-2,22(24)31-17(3)27)26-21(24)19-14-10-7-11-15-19/h6-15,20,22H,4-5,16H2,1-3H3/t20-,22?,24-,25-/m1/s1. The van der Waals surface area contributed by atoms with Crippen LogP contribution in [-0.4, -0.2) is 42.7 Å². The van der Waals surface area contributed by atoms with E-state index in [0.29, 0.717) is 18.7 Å². The van der Waals surface area contributed by atoms with E-state index >= 15 is 0 Å². The highest BCUT2D eigenvalue weighted by atomic mass is 16.6. The lowest BCUT2D eigenvalue weighted by atomic mass is 9.75. The molecule has 2 aromatic rings. The molecule has 1 saturated carbocycles. The molecular weight excluding hydrogens is 394 g/mol. The molecule has 6 heteroatoms. The Morgan fingerprint density at radius 1 is 1.00 bits per heavy atom. The number of fused-ring (bicyclic) bond motifs is 2. The summed E-state index contributed by atoms with van der Waals surface area (Å²) in [5.41, 5.74) is -0.132. The molecule has 0 spiro atoms. The molecule has 4 rings (SSSR count). The van der Waals surface area contributed by atoms with Crippen molar-refractivity contribution in [1.82, 2.24) is 0 Å². The van der Waals surface area contributed by atoms with E-state index in [9.17, 15) is 9.59 Å². The van der Waals surface area contributed by atoms with Crippen molar-refractivity contribution in [2.24, 2.45) is 10.4 Å². The smallest absolute Gasteiger partial charge is 0.322 e. The van der Waals surface area contributed by atoms with Crippen LogP contribution in [0, 0.1) is 5.41 Å². The average molecular weight is 421 g/mol. The van der Waals surface area contributed by atoms with E-state index in [0.717, 1.165) is 11.1 Å². The van der Waals surface area contributed by atoms with Crippen LogP contribution in [-0.2, 0) is 23.8 Å². The van der Waals surface area contributed by atoms with Gasteiger partial charge in [0, 0.05) is 19.4 Å². The fraction of sp³-hybridized carbons (Fsp3) is 0.400. The molecule has 6 nitrogen and oxygen atoms in total. The summed E-state index contributed by atoms with van der Waals surface area (Å²) in [6.45, 7) is 5.56. The number of hydrogen-bond acceptors (Lipinski definition) is 6. The van der Waals surface area contributed by atoms with Gasteiger partial charge in [-0.05, 0) is 31.4 Å². The Morgan fingerprint density at radius 2 is 1.65 bits per heavy atom. The van der Waals surface area contributed by atoms with Crippen LogP contribution in [0.3, 0.4) is 0 Å². The van der Waals surface area contributed by atoms with Crippen LogP contribution < -0.4 is 0 Å².